The van der Waals surface area contributed by atoms with Crippen LogP contribution in [0.5, 0.6) is 0 Å². The summed E-state index contributed by atoms with van der Waals surface area (Å²) < 4.78 is 28.5. The van der Waals surface area contributed by atoms with E-state index in [-0.39, 0.29) is 11.3 Å². The van der Waals surface area contributed by atoms with Gasteiger partial charge in [0.1, 0.15) is 0 Å². The first-order chi connectivity index (χ1) is 8.52. The summed E-state index contributed by atoms with van der Waals surface area (Å²) in [5, 5.41) is 8.98. The average molecular weight is 286 g/mol. The third kappa shape index (κ3) is 4.53. The molecule has 0 aliphatic rings. The molecule has 0 unspecified atom stereocenters. The first-order valence-corrected chi connectivity index (χ1v) is 7.15. The lowest BCUT2D eigenvalue weighted by atomic mass is 10.1. The van der Waals surface area contributed by atoms with Crippen LogP contribution in [0.3, 0.4) is 0 Å². The number of nitrogens with one attached hydrogen (secondary N) is 2. The van der Waals surface area contributed by atoms with Crippen LogP contribution in [-0.2, 0) is 10.2 Å². The first-order valence-electron chi connectivity index (χ1n) is 5.66. The molecular formula is C12H18N2O4S. The Morgan fingerprint density at radius 1 is 1.26 bits per heavy atom. The maximum Gasteiger partial charge on any atom is 0.336 e. The lowest BCUT2D eigenvalue weighted by Gasteiger charge is -2.21. The van der Waals surface area contributed by atoms with Gasteiger partial charge in [-0.25, -0.2) is 4.79 Å². The molecule has 1 aromatic rings. The highest BCUT2D eigenvalue weighted by atomic mass is 32.2. The van der Waals surface area contributed by atoms with Gasteiger partial charge in [-0.2, -0.15) is 13.1 Å². The molecule has 0 saturated heterocycles. The molecule has 1 rings (SSSR count). The van der Waals surface area contributed by atoms with Crippen LogP contribution in [0.15, 0.2) is 18.2 Å². The topological polar surface area (TPSA) is 95.5 Å². The zero-order chi connectivity index (χ0) is 14.8. The molecule has 0 spiro atoms. The van der Waals surface area contributed by atoms with Gasteiger partial charge in [-0.05, 0) is 45.4 Å². The van der Waals surface area contributed by atoms with Gasteiger partial charge in [-0.15, -0.1) is 0 Å². The first kappa shape index (κ1) is 15.5. The van der Waals surface area contributed by atoms with Gasteiger partial charge in [-0.1, -0.05) is 6.07 Å². The van der Waals surface area contributed by atoms with Crippen molar-refractivity contribution in [3.63, 3.8) is 0 Å². The van der Waals surface area contributed by atoms with Crippen molar-refractivity contribution in [2.75, 3.05) is 4.72 Å². The molecule has 7 heteroatoms. The second-order valence-electron chi connectivity index (χ2n) is 5.24. The number of carbonyl (C=O) groups is 1. The van der Waals surface area contributed by atoms with Gasteiger partial charge in [0.15, 0.2) is 0 Å². The minimum Gasteiger partial charge on any atom is -0.478 e. The van der Waals surface area contributed by atoms with E-state index in [4.69, 9.17) is 5.11 Å². The lowest BCUT2D eigenvalue weighted by Crippen LogP contribution is -2.43. The van der Waals surface area contributed by atoms with Crippen molar-refractivity contribution < 1.29 is 18.3 Å². The molecule has 0 heterocycles. The smallest absolute Gasteiger partial charge is 0.336 e. The van der Waals surface area contributed by atoms with Crippen LogP contribution in [0, 0.1) is 6.92 Å². The predicted octanol–water partition coefficient (Wildman–Crippen LogP) is 1.74. The Balaban J connectivity index is 3.07. The number of hydrogen-bond donors (Lipinski definition) is 3. The lowest BCUT2D eigenvalue weighted by molar-refractivity contribution is 0.0696. The van der Waals surface area contributed by atoms with Crippen molar-refractivity contribution in [3.05, 3.63) is 29.3 Å². The van der Waals surface area contributed by atoms with E-state index in [2.05, 4.69) is 9.44 Å². The molecule has 19 heavy (non-hydrogen) atoms. The van der Waals surface area contributed by atoms with E-state index in [0.29, 0.717) is 5.56 Å². The quantitative estimate of drug-likeness (QED) is 0.785. The van der Waals surface area contributed by atoms with Gasteiger partial charge >= 0.3 is 5.97 Å². The van der Waals surface area contributed by atoms with E-state index in [1.807, 2.05) is 0 Å². The molecule has 106 valence electrons. The fourth-order valence-corrected chi connectivity index (χ4v) is 2.92. The van der Waals surface area contributed by atoms with Gasteiger partial charge in [-0.3, -0.25) is 4.72 Å². The molecule has 0 aliphatic heterocycles. The number of benzene rings is 1. The maximum atomic E-state index is 11.9. The Hall–Kier alpha value is -1.60. The standard InChI is InChI=1S/C12H18N2O4S/c1-8-9(11(15)16)6-5-7-10(8)13-19(17,18)14-12(2,3)4/h5-7,13-14H,1-4H3,(H,15,16). The zero-order valence-electron chi connectivity index (χ0n) is 11.3. The Labute approximate surface area is 113 Å². The van der Waals surface area contributed by atoms with Gasteiger partial charge in [0, 0.05) is 5.54 Å². The Morgan fingerprint density at radius 2 is 1.84 bits per heavy atom. The number of anilines is 1. The summed E-state index contributed by atoms with van der Waals surface area (Å²) in [6, 6.07) is 4.43. The van der Waals surface area contributed by atoms with Crippen LogP contribution >= 0.6 is 0 Å². The fourth-order valence-electron chi connectivity index (χ4n) is 1.55. The second kappa shape index (κ2) is 5.18. The summed E-state index contributed by atoms with van der Waals surface area (Å²) in [6.45, 7) is 6.70. The highest BCUT2D eigenvalue weighted by Crippen LogP contribution is 2.20. The van der Waals surface area contributed by atoms with Crippen molar-refractivity contribution in [1.82, 2.24) is 4.72 Å². The third-order valence-electron chi connectivity index (χ3n) is 2.25. The largest absolute Gasteiger partial charge is 0.478 e. The molecule has 0 aromatic heterocycles. The van der Waals surface area contributed by atoms with E-state index < -0.39 is 21.7 Å². The van der Waals surface area contributed by atoms with E-state index in [1.54, 1.807) is 27.7 Å². The molecule has 0 aliphatic carbocycles. The predicted molar refractivity (Wildman–Crippen MR) is 73.6 cm³/mol. The van der Waals surface area contributed by atoms with Crippen LogP contribution in [0.2, 0.25) is 0 Å². The summed E-state index contributed by atoms with van der Waals surface area (Å²) in [5.41, 5.74) is 0.0614. The maximum absolute atomic E-state index is 11.9. The summed E-state index contributed by atoms with van der Waals surface area (Å²) in [6.07, 6.45) is 0. The molecule has 0 radical (unpaired) electrons. The van der Waals surface area contributed by atoms with Crippen molar-refractivity contribution in [2.24, 2.45) is 0 Å². The van der Waals surface area contributed by atoms with E-state index in [1.165, 1.54) is 18.2 Å². The van der Waals surface area contributed by atoms with Crippen LogP contribution in [0.4, 0.5) is 5.69 Å². The van der Waals surface area contributed by atoms with Crippen molar-refractivity contribution in [2.45, 2.75) is 33.2 Å². The molecule has 0 bridgehead atoms. The molecule has 3 N–H and O–H groups in total. The Kier molecular flexibility index (Phi) is 4.21. The Bertz CT molecular complexity index is 588. The van der Waals surface area contributed by atoms with Crippen LogP contribution in [-0.4, -0.2) is 25.0 Å². The van der Waals surface area contributed by atoms with Crippen LogP contribution in [0.25, 0.3) is 0 Å². The molecule has 0 amide bonds. The monoisotopic (exact) mass is 286 g/mol. The van der Waals surface area contributed by atoms with Crippen molar-refractivity contribution in [1.29, 1.82) is 0 Å². The molecular weight excluding hydrogens is 268 g/mol. The van der Waals surface area contributed by atoms with Crippen molar-refractivity contribution in [3.8, 4) is 0 Å². The van der Waals surface area contributed by atoms with Gasteiger partial charge in [0.05, 0.1) is 11.3 Å². The molecule has 0 saturated carbocycles. The number of carboxylic acids is 1. The minimum atomic E-state index is -3.75. The number of carboxylic acid groups (broad SMARTS) is 1. The average Bonchev–Trinajstić information content (AvgIpc) is 2.16. The highest BCUT2D eigenvalue weighted by Gasteiger charge is 2.21. The normalized spacial score (nSPS) is 12.2. The van der Waals surface area contributed by atoms with Crippen LogP contribution < -0.4 is 9.44 Å². The van der Waals surface area contributed by atoms with Gasteiger partial charge in [0.2, 0.25) is 0 Å². The highest BCUT2D eigenvalue weighted by molar-refractivity contribution is 7.90. The molecule has 6 nitrogen and oxygen atoms in total. The van der Waals surface area contributed by atoms with Crippen LogP contribution in [0.1, 0.15) is 36.7 Å². The third-order valence-corrected chi connectivity index (χ3v) is 3.62. The molecule has 1 aromatic carbocycles. The summed E-state index contributed by atoms with van der Waals surface area (Å²) in [5.74, 6) is -1.10. The van der Waals surface area contributed by atoms with E-state index in [9.17, 15) is 13.2 Å². The number of aromatic carboxylic acids is 1. The number of hydrogen-bond acceptors (Lipinski definition) is 3. The molecule has 0 fully saturated rings. The summed E-state index contributed by atoms with van der Waals surface area (Å²) >= 11 is 0. The fraction of sp³-hybridized carbons (Fsp3) is 0.417. The second-order valence-corrected chi connectivity index (χ2v) is 6.66. The molecule has 0 atom stereocenters. The SMILES string of the molecule is Cc1c(NS(=O)(=O)NC(C)(C)C)cccc1C(=O)O. The van der Waals surface area contributed by atoms with E-state index in [0.717, 1.165) is 0 Å². The van der Waals surface area contributed by atoms with Gasteiger partial charge < -0.3 is 5.11 Å². The van der Waals surface area contributed by atoms with Crippen molar-refractivity contribution >= 4 is 21.9 Å². The number of rotatable bonds is 4. The van der Waals surface area contributed by atoms with Gasteiger partial charge in [0.25, 0.3) is 10.2 Å². The summed E-state index contributed by atoms with van der Waals surface area (Å²) in [4.78, 5) is 11.0. The van der Waals surface area contributed by atoms with E-state index >= 15 is 0 Å². The minimum absolute atomic E-state index is 0.0657. The zero-order valence-corrected chi connectivity index (χ0v) is 12.1. The summed E-state index contributed by atoms with van der Waals surface area (Å²) in [7, 11) is -3.75. The Morgan fingerprint density at radius 3 is 2.32 bits per heavy atom.